The van der Waals surface area contributed by atoms with E-state index >= 15 is 0 Å². The van der Waals surface area contributed by atoms with Gasteiger partial charge in [-0.15, -0.1) is 0 Å². The van der Waals surface area contributed by atoms with E-state index in [1.807, 2.05) is 33.0 Å². The van der Waals surface area contributed by atoms with Crippen molar-refractivity contribution in [2.45, 2.75) is 40.7 Å². The minimum absolute atomic E-state index is 0.0947. The van der Waals surface area contributed by atoms with Crippen LogP contribution in [-0.2, 0) is 0 Å². The summed E-state index contributed by atoms with van der Waals surface area (Å²) < 4.78 is 1.66. The molecule has 0 aromatic carbocycles. The predicted octanol–water partition coefficient (Wildman–Crippen LogP) is 3.47. The van der Waals surface area contributed by atoms with Gasteiger partial charge in [0.25, 0.3) is 5.56 Å². The van der Waals surface area contributed by atoms with E-state index < -0.39 is 0 Å². The molecule has 30 heavy (non-hydrogen) atoms. The second-order valence-corrected chi connectivity index (χ2v) is 8.19. The first-order valence-corrected chi connectivity index (χ1v) is 10.6. The molecule has 3 heterocycles. The average molecular weight is 408 g/mol. The molecule has 6 heteroatoms. The third-order valence-electron chi connectivity index (χ3n) is 6.00. The van der Waals surface area contributed by atoms with E-state index in [0.29, 0.717) is 23.1 Å². The van der Waals surface area contributed by atoms with Crippen molar-refractivity contribution in [1.82, 2.24) is 14.3 Å². The number of hydrogen-bond acceptors (Lipinski definition) is 5. The minimum atomic E-state index is -0.0947. The number of aryl methyl sites for hydroxylation is 1. The normalized spacial score (nSPS) is 18.9. The predicted molar refractivity (Wildman–Crippen MR) is 126 cm³/mol. The molecule has 1 aliphatic rings. The van der Waals surface area contributed by atoms with Gasteiger partial charge in [0.1, 0.15) is 5.65 Å². The van der Waals surface area contributed by atoms with Crippen LogP contribution in [0.15, 0.2) is 51.9 Å². The fourth-order valence-electron chi connectivity index (χ4n) is 3.93. The lowest BCUT2D eigenvalue weighted by atomic mass is 10.1. The van der Waals surface area contributed by atoms with Gasteiger partial charge in [-0.3, -0.25) is 19.1 Å². The van der Waals surface area contributed by atoms with Crippen LogP contribution in [0.25, 0.3) is 5.65 Å². The molecular formula is C24H33N5O. The summed E-state index contributed by atoms with van der Waals surface area (Å²) in [6, 6.07) is 4.19. The SMILES string of the molecule is C=C(C)/C(C)=C/C(=NC)c1cc(=O)n2cc(N3CCN(CC)[C@H](C)C3)cc(C)c2n1. The number of hydrogen-bond donors (Lipinski definition) is 0. The highest BCUT2D eigenvalue weighted by atomic mass is 16.1. The number of aliphatic imine (C=N–C) groups is 1. The number of rotatable bonds is 5. The van der Waals surface area contributed by atoms with Gasteiger partial charge in [-0.2, -0.15) is 0 Å². The number of aromatic nitrogens is 2. The second-order valence-electron chi connectivity index (χ2n) is 8.19. The Morgan fingerprint density at radius 3 is 2.67 bits per heavy atom. The van der Waals surface area contributed by atoms with Crippen molar-refractivity contribution in [1.29, 1.82) is 0 Å². The summed E-state index contributed by atoms with van der Waals surface area (Å²) in [6.07, 6.45) is 3.85. The number of anilines is 1. The van der Waals surface area contributed by atoms with Crippen LogP contribution in [0, 0.1) is 6.92 Å². The standard InChI is InChI=1S/C24H33N5O/c1-8-27-9-10-28(14-19(27)6)20-11-18(5)24-26-22(13-23(30)29(24)15-20)21(25-7)12-17(4)16(2)3/h11-13,15,19H,2,8-10,14H2,1,3-7H3/b17-12+,25-21?/t19-/m1/s1. The van der Waals surface area contributed by atoms with E-state index in [4.69, 9.17) is 4.98 Å². The monoisotopic (exact) mass is 407 g/mol. The molecule has 0 spiro atoms. The van der Waals surface area contributed by atoms with Crippen LogP contribution in [0.1, 0.15) is 39.0 Å². The Morgan fingerprint density at radius 1 is 1.33 bits per heavy atom. The first kappa shape index (κ1) is 22.0. The number of fused-ring (bicyclic) bond motifs is 1. The van der Waals surface area contributed by atoms with Crippen LogP contribution in [0.4, 0.5) is 5.69 Å². The molecule has 2 aromatic rings. The molecule has 160 valence electrons. The molecule has 0 radical (unpaired) electrons. The minimum Gasteiger partial charge on any atom is -0.367 e. The van der Waals surface area contributed by atoms with Crippen LogP contribution in [0.2, 0.25) is 0 Å². The van der Waals surface area contributed by atoms with Gasteiger partial charge in [-0.25, -0.2) is 4.98 Å². The van der Waals surface area contributed by atoms with Gasteiger partial charge >= 0.3 is 0 Å². The van der Waals surface area contributed by atoms with Crippen LogP contribution >= 0.6 is 0 Å². The third-order valence-corrected chi connectivity index (χ3v) is 6.00. The Balaban J connectivity index is 2.02. The first-order valence-electron chi connectivity index (χ1n) is 10.6. The van der Waals surface area contributed by atoms with Crippen molar-refractivity contribution < 1.29 is 0 Å². The average Bonchev–Trinajstić information content (AvgIpc) is 2.71. The molecular weight excluding hydrogens is 374 g/mol. The quantitative estimate of drug-likeness (QED) is 0.563. The fourth-order valence-corrected chi connectivity index (χ4v) is 3.93. The summed E-state index contributed by atoms with van der Waals surface area (Å²) in [5.41, 5.74) is 5.88. The Kier molecular flexibility index (Phi) is 6.56. The Morgan fingerprint density at radius 2 is 2.07 bits per heavy atom. The van der Waals surface area contributed by atoms with Gasteiger partial charge in [0.05, 0.1) is 17.1 Å². The Hall–Kier alpha value is -2.73. The summed E-state index contributed by atoms with van der Waals surface area (Å²) >= 11 is 0. The lowest BCUT2D eigenvalue weighted by Crippen LogP contribution is -2.51. The van der Waals surface area contributed by atoms with E-state index in [0.717, 1.165) is 48.6 Å². The Labute approximate surface area is 179 Å². The van der Waals surface area contributed by atoms with E-state index in [1.54, 1.807) is 17.5 Å². The molecule has 0 N–H and O–H groups in total. The zero-order chi connectivity index (χ0) is 22.0. The first-order chi connectivity index (χ1) is 14.2. The molecule has 0 saturated carbocycles. The van der Waals surface area contributed by atoms with Crippen molar-refractivity contribution in [3.05, 3.63) is 63.7 Å². The molecule has 0 aliphatic carbocycles. The lowest BCUT2D eigenvalue weighted by Gasteiger charge is -2.40. The molecule has 3 rings (SSSR count). The lowest BCUT2D eigenvalue weighted by molar-refractivity contribution is 0.199. The van der Waals surface area contributed by atoms with Crippen LogP contribution in [0.5, 0.6) is 0 Å². The number of piperazine rings is 1. The van der Waals surface area contributed by atoms with Gasteiger partial charge in [-0.1, -0.05) is 19.1 Å². The van der Waals surface area contributed by atoms with E-state index in [-0.39, 0.29) is 5.56 Å². The highest BCUT2D eigenvalue weighted by Gasteiger charge is 2.23. The molecule has 0 unspecified atom stereocenters. The van der Waals surface area contributed by atoms with Gasteiger partial charge < -0.3 is 4.90 Å². The van der Waals surface area contributed by atoms with Gasteiger partial charge in [-0.05, 0) is 57.5 Å². The van der Waals surface area contributed by atoms with E-state index in [9.17, 15) is 4.79 Å². The smallest absolute Gasteiger partial charge is 0.258 e. The molecule has 1 saturated heterocycles. The maximum Gasteiger partial charge on any atom is 0.258 e. The zero-order valence-corrected chi connectivity index (χ0v) is 19.1. The van der Waals surface area contributed by atoms with Crippen molar-refractivity contribution in [2.75, 3.05) is 38.1 Å². The van der Waals surface area contributed by atoms with Crippen molar-refractivity contribution >= 4 is 17.0 Å². The summed E-state index contributed by atoms with van der Waals surface area (Å²) in [5.74, 6) is 0. The summed E-state index contributed by atoms with van der Waals surface area (Å²) in [5, 5.41) is 0. The maximum absolute atomic E-state index is 13.0. The maximum atomic E-state index is 13.0. The fraction of sp³-hybridized carbons (Fsp3) is 0.458. The number of pyridine rings is 1. The summed E-state index contributed by atoms with van der Waals surface area (Å²) in [7, 11) is 1.72. The molecule has 2 aromatic heterocycles. The number of allylic oxidation sites excluding steroid dienone is 3. The molecule has 0 amide bonds. The largest absolute Gasteiger partial charge is 0.367 e. The van der Waals surface area contributed by atoms with Crippen LogP contribution in [0.3, 0.4) is 0 Å². The number of likely N-dealkylation sites (N-methyl/N-ethyl adjacent to an activating group) is 1. The highest BCUT2D eigenvalue weighted by molar-refractivity contribution is 6.08. The molecule has 1 aliphatic heterocycles. The summed E-state index contributed by atoms with van der Waals surface area (Å²) in [4.78, 5) is 27.0. The van der Waals surface area contributed by atoms with E-state index in [2.05, 4.69) is 41.3 Å². The summed E-state index contributed by atoms with van der Waals surface area (Å²) in [6.45, 7) is 18.4. The van der Waals surface area contributed by atoms with Crippen LogP contribution < -0.4 is 10.5 Å². The Bertz CT molecular complexity index is 1080. The van der Waals surface area contributed by atoms with Gasteiger partial charge in [0.2, 0.25) is 0 Å². The molecule has 1 atom stereocenters. The molecule has 0 bridgehead atoms. The van der Waals surface area contributed by atoms with Gasteiger partial charge in [0.15, 0.2) is 0 Å². The third kappa shape index (κ3) is 4.38. The topological polar surface area (TPSA) is 53.2 Å². The zero-order valence-electron chi connectivity index (χ0n) is 19.1. The number of nitrogens with zero attached hydrogens (tertiary/aromatic N) is 5. The van der Waals surface area contributed by atoms with Crippen molar-refractivity contribution in [3.8, 4) is 0 Å². The van der Waals surface area contributed by atoms with E-state index in [1.165, 1.54) is 0 Å². The molecule has 6 nitrogen and oxygen atoms in total. The highest BCUT2D eigenvalue weighted by Crippen LogP contribution is 2.22. The van der Waals surface area contributed by atoms with Crippen molar-refractivity contribution in [3.63, 3.8) is 0 Å². The van der Waals surface area contributed by atoms with Crippen molar-refractivity contribution in [2.24, 2.45) is 4.99 Å². The van der Waals surface area contributed by atoms with Crippen LogP contribution in [-0.4, -0.2) is 59.3 Å². The second kappa shape index (κ2) is 8.96. The van der Waals surface area contributed by atoms with Gasteiger partial charge in [0, 0.05) is 45.0 Å². The molecule has 1 fully saturated rings.